The largest absolute Gasteiger partial charge is 0.416 e. The van der Waals surface area contributed by atoms with Crippen molar-refractivity contribution in [1.82, 2.24) is 5.43 Å². The first-order chi connectivity index (χ1) is 9.41. The van der Waals surface area contributed by atoms with Gasteiger partial charge in [-0.1, -0.05) is 18.2 Å². The maximum absolute atomic E-state index is 12.7. The van der Waals surface area contributed by atoms with Crippen LogP contribution >= 0.6 is 11.3 Å². The number of thiophene rings is 1. The average Bonchev–Trinajstić information content (AvgIpc) is 2.81. The molecule has 0 saturated carbocycles. The lowest BCUT2D eigenvalue weighted by Gasteiger charge is -2.17. The van der Waals surface area contributed by atoms with Gasteiger partial charge < -0.3 is 0 Å². The lowest BCUT2D eigenvalue weighted by molar-refractivity contribution is -0.137. The zero-order chi connectivity index (χ0) is 14.8. The minimum absolute atomic E-state index is 0.190. The second-order valence-corrected chi connectivity index (χ2v) is 5.67. The molecule has 0 aliphatic carbocycles. The van der Waals surface area contributed by atoms with Crippen LogP contribution in [0.3, 0.4) is 0 Å². The van der Waals surface area contributed by atoms with Crippen LogP contribution < -0.4 is 11.3 Å². The summed E-state index contributed by atoms with van der Waals surface area (Å²) in [5, 5.41) is 1.95. The lowest BCUT2D eigenvalue weighted by Crippen LogP contribution is -2.29. The molecule has 0 bridgehead atoms. The molecular weight excluding hydrogens is 285 g/mol. The third-order valence-electron chi connectivity index (χ3n) is 3.17. The Morgan fingerprint density at radius 1 is 1.30 bits per heavy atom. The number of rotatable bonds is 4. The summed E-state index contributed by atoms with van der Waals surface area (Å²) in [7, 11) is 0. The van der Waals surface area contributed by atoms with Crippen LogP contribution in [0, 0.1) is 6.92 Å². The summed E-state index contributed by atoms with van der Waals surface area (Å²) in [6.45, 7) is 1.97. The van der Waals surface area contributed by atoms with Crippen LogP contribution in [0.25, 0.3) is 0 Å². The van der Waals surface area contributed by atoms with Crippen molar-refractivity contribution in [3.8, 4) is 0 Å². The molecule has 108 valence electrons. The van der Waals surface area contributed by atoms with Crippen molar-refractivity contribution >= 4 is 11.3 Å². The van der Waals surface area contributed by atoms with Gasteiger partial charge in [0.15, 0.2) is 0 Å². The number of halogens is 3. The highest BCUT2D eigenvalue weighted by molar-refractivity contribution is 7.10. The summed E-state index contributed by atoms with van der Waals surface area (Å²) in [5.41, 5.74) is 3.67. The van der Waals surface area contributed by atoms with Gasteiger partial charge in [0.05, 0.1) is 11.6 Å². The number of benzene rings is 1. The van der Waals surface area contributed by atoms with Gasteiger partial charge >= 0.3 is 6.18 Å². The van der Waals surface area contributed by atoms with Crippen LogP contribution in [-0.4, -0.2) is 0 Å². The van der Waals surface area contributed by atoms with Crippen LogP contribution in [0.4, 0.5) is 13.2 Å². The number of hydrogen-bond acceptors (Lipinski definition) is 3. The summed E-state index contributed by atoms with van der Waals surface area (Å²) >= 11 is 1.59. The van der Waals surface area contributed by atoms with Gasteiger partial charge in [-0.3, -0.25) is 11.3 Å². The van der Waals surface area contributed by atoms with E-state index in [1.807, 2.05) is 18.4 Å². The summed E-state index contributed by atoms with van der Waals surface area (Å²) < 4.78 is 38.1. The van der Waals surface area contributed by atoms with E-state index in [-0.39, 0.29) is 6.04 Å². The normalized spacial score (nSPS) is 13.4. The molecule has 1 unspecified atom stereocenters. The van der Waals surface area contributed by atoms with E-state index < -0.39 is 11.7 Å². The Balaban J connectivity index is 2.23. The highest BCUT2D eigenvalue weighted by Gasteiger charge is 2.30. The van der Waals surface area contributed by atoms with Gasteiger partial charge in [-0.2, -0.15) is 13.2 Å². The van der Waals surface area contributed by atoms with E-state index in [2.05, 4.69) is 5.43 Å². The summed E-state index contributed by atoms with van der Waals surface area (Å²) in [6.07, 6.45) is -3.90. The molecule has 0 aliphatic rings. The van der Waals surface area contributed by atoms with Gasteiger partial charge in [0, 0.05) is 4.88 Å². The number of alkyl halides is 3. The molecule has 2 nitrogen and oxygen atoms in total. The molecule has 0 aliphatic heterocycles. The molecule has 1 heterocycles. The zero-order valence-electron chi connectivity index (χ0n) is 10.9. The SMILES string of the molecule is Cc1sccc1C(Cc1cccc(C(F)(F)F)c1)NN. The highest BCUT2D eigenvalue weighted by Crippen LogP contribution is 2.31. The predicted octanol–water partition coefficient (Wildman–Crippen LogP) is 3.82. The lowest BCUT2D eigenvalue weighted by atomic mass is 9.98. The second kappa shape index (κ2) is 5.95. The third-order valence-corrected chi connectivity index (χ3v) is 4.03. The summed E-state index contributed by atoms with van der Waals surface area (Å²) in [6, 6.07) is 7.10. The minimum atomic E-state index is -4.32. The summed E-state index contributed by atoms with van der Waals surface area (Å²) in [4.78, 5) is 1.11. The van der Waals surface area contributed by atoms with Crippen LogP contribution in [-0.2, 0) is 12.6 Å². The van der Waals surface area contributed by atoms with E-state index in [1.54, 1.807) is 17.4 Å². The quantitative estimate of drug-likeness (QED) is 0.665. The third kappa shape index (κ3) is 3.39. The molecule has 1 aromatic carbocycles. The predicted molar refractivity (Wildman–Crippen MR) is 74.3 cm³/mol. The fourth-order valence-electron chi connectivity index (χ4n) is 2.13. The van der Waals surface area contributed by atoms with Gasteiger partial charge in [-0.25, -0.2) is 0 Å². The highest BCUT2D eigenvalue weighted by atomic mass is 32.1. The van der Waals surface area contributed by atoms with Crippen molar-refractivity contribution in [1.29, 1.82) is 0 Å². The fraction of sp³-hybridized carbons (Fsp3) is 0.286. The van der Waals surface area contributed by atoms with Gasteiger partial charge in [-0.15, -0.1) is 11.3 Å². The molecule has 2 aromatic rings. The van der Waals surface area contributed by atoms with Crippen LogP contribution in [0.1, 0.15) is 27.6 Å². The standard InChI is InChI=1S/C14H15F3N2S/c1-9-12(5-6-20-9)13(19-18)8-10-3-2-4-11(7-10)14(15,16)17/h2-7,13,19H,8,18H2,1H3. The van der Waals surface area contributed by atoms with Crippen LogP contribution in [0.15, 0.2) is 35.7 Å². The minimum Gasteiger partial charge on any atom is -0.271 e. The number of nitrogens with one attached hydrogen (secondary N) is 1. The molecule has 0 fully saturated rings. The average molecular weight is 300 g/mol. The zero-order valence-corrected chi connectivity index (χ0v) is 11.7. The molecule has 1 aromatic heterocycles. The number of hydrogen-bond donors (Lipinski definition) is 2. The molecule has 2 rings (SSSR count). The number of nitrogens with two attached hydrogens (primary N) is 1. The topological polar surface area (TPSA) is 38.0 Å². The van der Waals surface area contributed by atoms with Crippen molar-refractivity contribution in [3.05, 3.63) is 57.3 Å². The maximum atomic E-state index is 12.7. The van der Waals surface area contributed by atoms with E-state index in [0.29, 0.717) is 12.0 Å². The van der Waals surface area contributed by atoms with Crippen LogP contribution in [0.2, 0.25) is 0 Å². The molecule has 20 heavy (non-hydrogen) atoms. The smallest absolute Gasteiger partial charge is 0.271 e. The van der Waals surface area contributed by atoms with Gasteiger partial charge in [0.2, 0.25) is 0 Å². The van der Waals surface area contributed by atoms with Crippen molar-refractivity contribution in [2.75, 3.05) is 0 Å². The van der Waals surface area contributed by atoms with Crippen molar-refractivity contribution in [3.63, 3.8) is 0 Å². The van der Waals surface area contributed by atoms with Crippen LogP contribution in [0.5, 0.6) is 0 Å². The molecule has 0 radical (unpaired) electrons. The first-order valence-corrected chi connectivity index (χ1v) is 6.96. The van der Waals surface area contributed by atoms with Crippen molar-refractivity contribution in [2.24, 2.45) is 5.84 Å². The number of hydrazine groups is 1. The van der Waals surface area contributed by atoms with Gasteiger partial charge in [0.25, 0.3) is 0 Å². The molecule has 6 heteroatoms. The van der Waals surface area contributed by atoms with E-state index in [9.17, 15) is 13.2 Å². The Hall–Kier alpha value is -1.37. The first-order valence-electron chi connectivity index (χ1n) is 6.08. The van der Waals surface area contributed by atoms with E-state index in [4.69, 9.17) is 5.84 Å². The fourth-order valence-corrected chi connectivity index (χ4v) is 2.89. The Kier molecular flexibility index (Phi) is 4.47. The van der Waals surface area contributed by atoms with Crippen molar-refractivity contribution < 1.29 is 13.2 Å². The Morgan fingerprint density at radius 2 is 2.05 bits per heavy atom. The molecule has 3 N–H and O–H groups in total. The Morgan fingerprint density at radius 3 is 2.60 bits per heavy atom. The Labute approximate surface area is 119 Å². The monoisotopic (exact) mass is 300 g/mol. The van der Waals surface area contributed by atoms with E-state index in [1.165, 1.54) is 12.1 Å². The molecular formula is C14H15F3N2S. The summed E-state index contributed by atoms with van der Waals surface area (Å²) in [5.74, 6) is 5.54. The second-order valence-electron chi connectivity index (χ2n) is 4.55. The number of aryl methyl sites for hydroxylation is 1. The maximum Gasteiger partial charge on any atom is 0.416 e. The first kappa shape index (κ1) is 15.0. The van der Waals surface area contributed by atoms with Gasteiger partial charge in [-0.05, 0) is 42.0 Å². The Bertz CT molecular complexity index is 578. The molecule has 1 atom stereocenters. The molecule has 0 amide bonds. The van der Waals surface area contributed by atoms with Gasteiger partial charge in [0.1, 0.15) is 0 Å². The van der Waals surface area contributed by atoms with Crippen molar-refractivity contribution in [2.45, 2.75) is 25.6 Å². The van der Waals surface area contributed by atoms with E-state index in [0.717, 1.165) is 16.5 Å². The molecule has 0 spiro atoms. The molecule has 0 saturated heterocycles. The van der Waals surface area contributed by atoms with E-state index >= 15 is 0 Å².